The first-order valence-electron chi connectivity index (χ1n) is 8.60. The predicted molar refractivity (Wildman–Crippen MR) is 99.8 cm³/mol. The van der Waals surface area contributed by atoms with Crippen molar-refractivity contribution in [2.45, 2.75) is 6.42 Å². The summed E-state index contributed by atoms with van der Waals surface area (Å²) in [5.41, 5.74) is 2.20. The lowest BCUT2D eigenvalue weighted by Crippen LogP contribution is -2.36. The molecule has 0 spiro atoms. The molecule has 0 radical (unpaired) electrons. The summed E-state index contributed by atoms with van der Waals surface area (Å²) in [7, 11) is 1.71. The average Bonchev–Trinajstić information content (AvgIpc) is 2.67. The van der Waals surface area contributed by atoms with Gasteiger partial charge in [0.05, 0.1) is 24.6 Å². The monoisotopic (exact) mass is 343 g/mol. The lowest BCUT2D eigenvalue weighted by atomic mass is 10.2. The van der Waals surface area contributed by atoms with Crippen LogP contribution in [0.3, 0.4) is 0 Å². The maximum Gasteiger partial charge on any atom is 0.135 e. The highest BCUT2D eigenvalue weighted by atomic mass is 16.5. The maximum absolute atomic E-state index is 5.45. The van der Waals surface area contributed by atoms with Gasteiger partial charge in [0.25, 0.3) is 0 Å². The van der Waals surface area contributed by atoms with E-state index < -0.39 is 0 Å². The van der Waals surface area contributed by atoms with Crippen LogP contribution in [0.2, 0.25) is 0 Å². The number of anilines is 4. The Labute approximate surface area is 148 Å². The predicted octanol–water partition coefficient (Wildman–Crippen LogP) is 2.51. The van der Waals surface area contributed by atoms with E-state index in [4.69, 9.17) is 9.47 Å². The van der Waals surface area contributed by atoms with Gasteiger partial charge in [-0.3, -0.25) is 0 Å². The first kappa shape index (κ1) is 17.4. The molecule has 0 atom stereocenters. The number of benzene rings is 1. The summed E-state index contributed by atoms with van der Waals surface area (Å²) in [5.74, 6) is 1.57. The molecule has 2 N–H and O–H groups in total. The number of ether oxygens (including phenoxy) is 2. The summed E-state index contributed by atoms with van der Waals surface area (Å²) in [5, 5.41) is 6.70. The highest BCUT2D eigenvalue weighted by Crippen LogP contribution is 2.28. The highest BCUT2D eigenvalue weighted by molar-refractivity contribution is 5.74. The number of para-hydroxylation sites is 2. The van der Waals surface area contributed by atoms with E-state index in [0.29, 0.717) is 0 Å². The molecule has 0 amide bonds. The quantitative estimate of drug-likeness (QED) is 0.714. The van der Waals surface area contributed by atoms with Gasteiger partial charge in [0.1, 0.15) is 18.0 Å². The molecule has 1 aliphatic heterocycles. The summed E-state index contributed by atoms with van der Waals surface area (Å²) >= 11 is 0. The fraction of sp³-hybridized carbons (Fsp3) is 0.444. The molecule has 0 aliphatic carbocycles. The molecule has 1 aromatic carbocycles. The second kappa shape index (κ2) is 9.19. The van der Waals surface area contributed by atoms with Crippen LogP contribution in [0.5, 0.6) is 0 Å². The van der Waals surface area contributed by atoms with Gasteiger partial charge in [0.2, 0.25) is 0 Å². The van der Waals surface area contributed by atoms with Crippen molar-refractivity contribution in [3.05, 3.63) is 36.7 Å². The van der Waals surface area contributed by atoms with Crippen molar-refractivity contribution in [3.8, 4) is 0 Å². The van der Waals surface area contributed by atoms with Crippen molar-refractivity contribution < 1.29 is 9.47 Å². The zero-order chi connectivity index (χ0) is 17.3. The van der Waals surface area contributed by atoms with Crippen LogP contribution in [0.4, 0.5) is 23.0 Å². The minimum absolute atomic E-state index is 0.732. The molecule has 0 unspecified atom stereocenters. The molecule has 0 bridgehead atoms. The fourth-order valence-corrected chi connectivity index (χ4v) is 2.75. The number of morpholine rings is 1. The number of hydrogen-bond donors (Lipinski definition) is 2. The summed E-state index contributed by atoms with van der Waals surface area (Å²) in [6.07, 6.45) is 2.50. The van der Waals surface area contributed by atoms with Crippen LogP contribution >= 0.6 is 0 Å². The fourth-order valence-electron chi connectivity index (χ4n) is 2.75. The first-order chi connectivity index (χ1) is 12.4. The van der Waals surface area contributed by atoms with Crippen molar-refractivity contribution >= 4 is 23.0 Å². The van der Waals surface area contributed by atoms with Crippen LogP contribution in [0.25, 0.3) is 0 Å². The first-order valence-corrected chi connectivity index (χ1v) is 8.60. The molecule has 2 aromatic rings. The zero-order valence-corrected chi connectivity index (χ0v) is 14.6. The van der Waals surface area contributed by atoms with E-state index in [-0.39, 0.29) is 0 Å². The van der Waals surface area contributed by atoms with Crippen LogP contribution in [-0.2, 0) is 9.47 Å². The molecule has 1 saturated heterocycles. The number of hydrogen-bond acceptors (Lipinski definition) is 7. The van der Waals surface area contributed by atoms with Crippen molar-refractivity contribution in [1.29, 1.82) is 0 Å². The summed E-state index contributed by atoms with van der Waals surface area (Å²) in [4.78, 5) is 10.9. The van der Waals surface area contributed by atoms with E-state index in [0.717, 1.165) is 63.2 Å². The molecular weight excluding hydrogens is 318 g/mol. The van der Waals surface area contributed by atoms with E-state index in [2.05, 4.69) is 43.7 Å². The number of methoxy groups -OCH3 is 1. The van der Waals surface area contributed by atoms with Crippen LogP contribution < -0.4 is 15.5 Å². The summed E-state index contributed by atoms with van der Waals surface area (Å²) in [6, 6.07) is 10.2. The largest absolute Gasteiger partial charge is 0.385 e. The van der Waals surface area contributed by atoms with Gasteiger partial charge in [-0.1, -0.05) is 12.1 Å². The minimum Gasteiger partial charge on any atom is -0.385 e. The lowest BCUT2D eigenvalue weighted by Gasteiger charge is -2.30. The third kappa shape index (κ3) is 5.04. The molecule has 0 saturated carbocycles. The van der Waals surface area contributed by atoms with Gasteiger partial charge in [-0.15, -0.1) is 0 Å². The molecule has 25 heavy (non-hydrogen) atoms. The molecule has 1 aromatic heterocycles. The molecule has 1 aliphatic rings. The molecule has 7 heteroatoms. The molecule has 1 fully saturated rings. The second-order valence-corrected chi connectivity index (χ2v) is 5.80. The Morgan fingerprint density at radius 3 is 2.80 bits per heavy atom. The molecule has 3 rings (SSSR count). The molecule has 134 valence electrons. The smallest absolute Gasteiger partial charge is 0.135 e. The second-order valence-electron chi connectivity index (χ2n) is 5.80. The van der Waals surface area contributed by atoms with E-state index in [9.17, 15) is 0 Å². The standard InChI is InChI=1S/C18H25N5O2/c1-24-10-4-7-19-17-13-18(21-14-20-17)22-15-5-2-3-6-16(15)23-8-11-25-12-9-23/h2-3,5-6,13-14H,4,7-12H2,1H3,(H2,19,20,21,22). The van der Waals surface area contributed by atoms with Gasteiger partial charge in [0.15, 0.2) is 0 Å². The van der Waals surface area contributed by atoms with E-state index >= 15 is 0 Å². The topological polar surface area (TPSA) is 71.5 Å². The Morgan fingerprint density at radius 1 is 1.16 bits per heavy atom. The van der Waals surface area contributed by atoms with E-state index in [1.54, 1.807) is 13.4 Å². The van der Waals surface area contributed by atoms with Crippen molar-refractivity contribution in [2.24, 2.45) is 0 Å². The Bertz CT molecular complexity index is 661. The van der Waals surface area contributed by atoms with Gasteiger partial charge in [-0.05, 0) is 18.6 Å². The number of rotatable bonds is 8. The van der Waals surface area contributed by atoms with Crippen LogP contribution in [0, 0.1) is 0 Å². The number of aromatic nitrogens is 2. The molecule has 2 heterocycles. The summed E-state index contributed by atoms with van der Waals surface area (Å²) in [6.45, 7) is 4.86. The third-order valence-electron chi connectivity index (χ3n) is 4.02. The summed E-state index contributed by atoms with van der Waals surface area (Å²) < 4.78 is 10.5. The Kier molecular flexibility index (Phi) is 6.42. The number of nitrogens with zero attached hydrogens (tertiary/aromatic N) is 3. The van der Waals surface area contributed by atoms with Crippen LogP contribution in [0.15, 0.2) is 36.7 Å². The van der Waals surface area contributed by atoms with Gasteiger partial charge in [-0.25, -0.2) is 9.97 Å². The Hall–Kier alpha value is -2.38. The average molecular weight is 343 g/mol. The zero-order valence-electron chi connectivity index (χ0n) is 14.6. The maximum atomic E-state index is 5.45. The van der Waals surface area contributed by atoms with Crippen molar-refractivity contribution in [3.63, 3.8) is 0 Å². The molecule has 7 nitrogen and oxygen atoms in total. The van der Waals surface area contributed by atoms with Crippen molar-refractivity contribution in [2.75, 3.05) is 62.1 Å². The minimum atomic E-state index is 0.732. The SMILES string of the molecule is COCCCNc1cc(Nc2ccccc2N2CCOCC2)ncn1. The normalized spacial score (nSPS) is 14.4. The van der Waals surface area contributed by atoms with Crippen molar-refractivity contribution in [1.82, 2.24) is 9.97 Å². The van der Waals surface area contributed by atoms with Crippen LogP contribution in [-0.4, -0.2) is 56.5 Å². The Balaban J connectivity index is 1.68. The number of nitrogens with one attached hydrogen (secondary N) is 2. The van der Waals surface area contributed by atoms with E-state index in [1.807, 2.05) is 12.1 Å². The Morgan fingerprint density at radius 2 is 1.96 bits per heavy atom. The highest BCUT2D eigenvalue weighted by Gasteiger charge is 2.14. The molecular formula is C18H25N5O2. The van der Waals surface area contributed by atoms with Gasteiger partial charge in [0, 0.05) is 39.4 Å². The van der Waals surface area contributed by atoms with Crippen LogP contribution in [0.1, 0.15) is 6.42 Å². The van der Waals surface area contributed by atoms with Gasteiger partial charge in [-0.2, -0.15) is 0 Å². The third-order valence-corrected chi connectivity index (χ3v) is 4.02. The van der Waals surface area contributed by atoms with Gasteiger partial charge >= 0.3 is 0 Å². The lowest BCUT2D eigenvalue weighted by molar-refractivity contribution is 0.123. The van der Waals surface area contributed by atoms with E-state index in [1.165, 1.54) is 5.69 Å². The van der Waals surface area contributed by atoms with Gasteiger partial charge < -0.3 is 25.0 Å².